The Balaban J connectivity index is 0.000000102. The van der Waals surface area contributed by atoms with Crippen molar-refractivity contribution in [3.8, 4) is 69.0 Å². The van der Waals surface area contributed by atoms with Gasteiger partial charge in [-0.2, -0.15) is 15.8 Å². The zero-order valence-electron chi connectivity index (χ0n) is 71.4. The van der Waals surface area contributed by atoms with Gasteiger partial charge in [0.2, 0.25) is 0 Å². The number of para-hydroxylation sites is 4. The third kappa shape index (κ3) is 11.8. The van der Waals surface area contributed by atoms with Crippen LogP contribution >= 0.6 is 11.3 Å². The summed E-state index contributed by atoms with van der Waals surface area (Å²) in [7, 11) is 0. The molecule has 0 aliphatic heterocycles. The zero-order chi connectivity index (χ0) is 88.5. The molecule has 0 aliphatic carbocycles. The van der Waals surface area contributed by atoms with Gasteiger partial charge in [0, 0.05) is 90.2 Å². The highest BCUT2D eigenvalue weighted by molar-refractivity contribution is 7.26. The maximum atomic E-state index is 10.1. The lowest BCUT2D eigenvalue weighted by atomic mass is 9.98. The molecule has 0 N–H and O–H groups in total. The molecule has 0 saturated heterocycles. The van der Waals surface area contributed by atoms with Crippen LogP contribution in [-0.4, -0.2) is 28.7 Å². The number of nitrogens with zero attached hydrogens (tertiary/aromatic N) is 9. The molecule has 618 valence electrons. The van der Waals surface area contributed by atoms with E-state index in [0.29, 0.717) is 16.7 Å². The fraction of sp³-hybridized carbons (Fsp3) is 0. The van der Waals surface area contributed by atoms with Crippen molar-refractivity contribution in [2.45, 2.75) is 0 Å². The van der Waals surface area contributed by atoms with Gasteiger partial charge in [-0.15, -0.1) is 11.3 Å². The van der Waals surface area contributed by atoms with E-state index in [4.69, 9.17) is 23.8 Å². The second kappa shape index (κ2) is 29.9. The van der Waals surface area contributed by atoms with Gasteiger partial charge in [-0.1, -0.05) is 267 Å². The van der Waals surface area contributed by atoms with Crippen LogP contribution in [0.2, 0.25) is 0 Å². The lowest BCUT2D eigenvalue weighted by Crippen LogP contribution is -1.99. The molecule has 0 saturated carbocycles. The van der Waals surface area contributed by atoms with Crippen molar-refractivity contribution in [2.75, 3.05) is 0 Å². The summed E-state index contributed by atoms with van der Waals surface area (Å²) in [6.45, 7) is 0. The molecule has 0 radical (unpaired) electrons. The van der Waals surface area contributed by atoms with Gasteiger partial charge >= 0.3 is 0 Å². The van der Waals surface area contributed by atoms with E-state index in [1.54, 1.807) is 0 Å². The third-order valence-electron chi connectivity index (χ3n) is 27.2. The van der Waals surface area contributed by atoms with Crippen molar-refractivity contribution in [1.82, 2.24) is 28.7 Å². The molecule has 0 bridgehead atoms. The number of nitriles is 3. The summed E-state index contributed by atoms with van der Waals surface area (Å²) in [4.78, 5) is 15.2. The Bertz CT molecular complexity index is 9930. The summed E-state index contributed by atoms with van der Waals surface area (Å²) < 4.78 is 21.8. The number of hydrogen-bond acceptors (Lipinski definition) is 9. The molecule has 20 aromatic carbocycles. The van der Waals surface area contributed by atoms with E-state index in [1.807, 2.05) is 121 Å². The number of rotatable bonds is 6. The minimum atomic E-state index is 0.611. The highest BCUT2D eigenvalue weighted by atomic mass is 32.1. The lowest BCUT2D eigenvalue weighted by Gasteiger charge is -2.10. The van der Waals surface area contributed by atoms with Crippen LogP contribution in [0.15, 0.2) is 415 Å². The van der Waals surface area contributed by atoms with Crippen LogP contribution in [0, 0.1) is 34.0 Å². The van der Waals surface area contributed by atoms with Gasteiger partial charge in [-0.3, -0.25) is 13.7 Å². The SMILES string of the molecule is N#Cc1cc(-n2c3ccc(-c4ccc5c(c4)oc4ccc6ccccc6c45)cc3c3c4ccccc4ccc32)nc2ccccc12.N#Cc1cc(-n2c3ccc(-c4ccc5c(c4)oc4ccccc45)cc3c3c4ccccc4ccc32)nc2ccccc12.N#Cc1cc(-n2c3ccc(-c4ccc5c(c4)sc4ccc6ccccc6c45)cc3c3c4ccccc4ccc32)nc2ccccc12. The first-order valence-corrected chi connectivity index (χ1v) is 45.5. The van der Waals surface area contributed by atoms with Crippen LogP contribution in [0.1, 0.15) is 16.7 Å². The quantitative estimate of drug-likeness (QED) is 0.160. The van der Waals surface area contributed by atoms with Crippen molar-refractivity contribution in [3.05, 3.63) is 423 Å². The molecule has 9 heterocycles. The number of hydrogen-bond donors (Lipinski definition) is 0. The Labute approximate surface area is 767 Å². The van der Waals surface area contributed by atoms with Crippen LogP contribution < -0.4 is 0 Å². The summed E-state index contributed by atoms with van der Waals surface area (Å²) >= 11 is 1.86. The Morgan fingerprint density at radius 2 is 0.507 bits per heavy atom. The lowest BCUT2D eigenvalue weighted by molar-refractivity contribution is 0.669. The number of benzene rings is 20. The second-order valence-corrected chi connectivity index (χ2v) is 35.6. The van der Waals surface area contributed by atoms with Gasteiger partial charge in [0.05, 0.1) is 84.5 Å². The molecular formula is C122H67N9O2S. The van der Waals surface area contributed by atoms with E-state index in [2.05, 4.69) is 329 Å². The maximum Gasteiger partial charge on any atom is 0.139 e. The predicted molar refractivity (Wildman–Crippen MR) is 554 cm³/mol. The molecule has 29 rings (SSSR count). The first-order valence-electron chi connectivity index (χ1n) is 44.7. The van der Waals surface area contributed by atoms with Crippen molar-refractivity contribution >= 4 is 227 Å². The average molecular weight is 1720 g/mol. The number of aromatic nitrogens is 6. The number of thiophene rings is 1. The molecule has 0 amide bonds. The normalized spacial score (nSPS) is 11.9. The van der Waals surface area contributed by atoms with Crippen molar-refractivity contribution < 1.29 is 8.83 Å². The average Bonchev–Trinajstić information content (AvgIpc) is 1.52. The largest absolute Gasteiger partial charge is 0.456 e. The molecule has 0 atom stereocenters. The molecular weight excluding hydrogens is 1660 g/mol. The molecule has 29 aromatic rings. The Morgan fingerprint density at radius 3 is 0.940 bits per heavy atom. The smallest absolute Gasteiger partial charge is 0.139 e. The summed E-state index contributed by atoms with van der Waals surface area (Å²) in [5, 5.41) is 59.0. The van der Waals surface area contributed by atoms with Crippen molar-refractivity contribution in [1.29, 1.82) is 15.8 Å². The highest BCUT2D eigenvalue weighted by Gasteiger charge is 2.25. The fourth-order valence-corrected chi connectivity index (χ4v) is 22.3. The predicted octanol–water partition coefficient (Wildman–Crippen LogP) is 32.5. The van der Waals surface area contributed by atoms with Crippen LogP contribution in [0.3, 0.4) is 0 Å². The first kappa shape index (κ1) is 75.7. The maximum absolute atomic E-state index is 10.1. The van der Waals surface area contributed by atoms with Gasteiger partial charge in [-0.05, 0) is 227 Å². The van der Waals surface area contributed by atoms with Crippen LogP contribution in [0.5, 0.6) is 0 Å². The van der Waals surface area contributed by atoms with E-state index in [0.717, 1.165) is 160 Å². The number of pyridine rings is 3. The van der Waals surface area contributed by atoms with Gasteiger partial charge in [0.15, 0.2) is 0 Å². The van der Waals surface area contributed by atoms with E-state index < -0.39 is 0 Å². The molecule has 134 heavy (non-hydrogen) atoms. The Kier molecular flexibility index (Phi) is 16.9. The first-order chi connectivity index (χ1) is 66.3. The van der Waals surface area contributed by atoms with E-state index >= 15 is 0 Å². The molecule has 0 unspecified atom stereocenters. The van der Waals surface area contributed by atoms with Crippen molar-refractivity contribution in [2.24, 2.45) is 0 Å². The standard InChI is InChI=1S/C42H23N3O.C42H23N3S.C38H21N3O/c2*43-24-29-23-40(44-35-12-6-5-9-30(29)35)45-36-18-15-27(21-34(36)41-31-10-3-1-7-25(31)14-19-37(41)45)28-13-17-33-39(22-28)46-38-20-16-26-8-2-4-11-32(26)42(33)38;39-22-26-21-37(40-32-11-5-3-8-27(26)32)41-33-17-15-24(19-31(33)38-28-9-2-1-7-23(28)14-18-34(38)41)25-13-16-30-29-10-4-6-12-35(29)42-36(30)20-25/h2*1-23H;1-21H. The van der Waals surface area contributed by atoms with E-state index in [1.165, 1.54) is 107 Å². The van der Waals surface area contributed by atoms with Crippen molar-refractivity contribution in [3.63, 3.8) is 0 Å². The third-order valence-corrected chi connectivity index (χ3v) is 28.3. The summed E-state index contributed by atoms with van der Waals surface area (Å²) in [5.74, 6) is 2.21. The minimum absolute atomic E-state index is 0.611. The molecule has 0 fully saturated rings. The Morgan fingerprint density at radius 1 is 0.201 bits per heavy atom. The zero-order valence-corrected chi connectivity index (χ0v) is 72.2. The molecule has 0 aliphatic rings. The van der Waals surface area contributed by atoms with Crippen LogP contribution in [-0.2, 0) is 0 Å². The van der Waals surface area contributed by atoms with E-state index in [9.17, 15) is 15.8 Å². The number of furan rings is 2. The molecule has 12 heteroatoms. The topological polar surface area (TPSA) is 151 Å². The van der Waals surface area contributed by atoms with Gasteiger partial charge in [0.1, 0.15) is 39.8 Å². The monoisotopic (exact) mass is 1720 g/mol. The second-order valence-electron chi connectivity index (χ2n) is 34.5. The fourth-order valence-electron chi connectivity index (χ4n) is 21.1. The molecule has 0 spiro atoms. The molecule has 9 aromatic heterocycles. The molecule has 11 nitrogen and oxygen atoms in total. The summed E-state index contributed by atoms with van der Waals surface area (Å²) in [6.07, 6.45) is 0. The Hall–Kier alpha value is -18.4. The van der Waals surface area contributed by atoms with Gasteiger partial charge < -0.3 is 8.83 Å². The summed E-state index contributed by atoms with van der Waals surface area (Å²) in [6, 6.07) is 149. The van der Waals surface area contributed by atoms with Gasteiger partial charge in [0.25, 0.3) is 0 Å². The number of fused-ring (bicyclic) bond motifs is 31. The van der Waals surface area contributed by atoms with Gasteiger partial charge in [-0.25, -0.2) is 15.0 Å². The summed E-state index contributed by atoms with van der Waals surface area (Å²) in [5.41, 5.74) is 20.9. The minimum Gasteiger partial charge on any atom is -0.456 e. The van der Waals surface area contributed by atoms with E-state index in [-0.39, 0.29) is 0 Å². The highest BCUT2D eigenvalue weighted by Crippen LogP contribution is 2.48. The van der Waals surface area contributed by atoms with Crippen LogP contribution in [0.25, 0.3) is 267 Å². The van der Waals surface area contributed by atoms with Crippen LogP contribution in [0.4, 0.5) is 0 Å².